The van der Waals surface area contributed by atoms with E-state index in [0.717, 1.165) is 27.8 Å². The molecular formula is C16H18ClNOS. The molecule has 0 aromatic heterocycles. The fourth-order valence-electron chi connectivity index (χ4n) is 1.91. The Bertz CT molecular complexity index is 557. The maximum Gasteiger partial charge on any atom is 0.123 e. The van der Waals surface area contributed by atoms with Crippen LogP contribution >= 0.6 is 23.4 Å². The third-order valence-electron chi connectivity index (χ3n) is 3.02. The number of halogens is 1. The molecule has 2 nitrogen and oxygen atoms in total. The summed E-state index contributed by atoms with van der Waals surface area (Å²) in [6, 6.07) is 14.2. The van der Waals surface area contributed by atoms with Crippen LogP contribution in [0.15, 0.2) is 42.5 Å². The average molecular weight is 308 g/mol. The molecule has 0 aliphatic carbocycles. The van der Waals surface area contributed by atoms with Gasteiger partial charge in [0.15, 0.2) is 0 Å². The number of ether oxygens (including phenoxy) is 1. The summed E-state index contributed by atoms with van der Waals surface area (Å²) in [5, 5.41) is 0.779. The number of benzene rings is 2. The van der Waals surface area contributed by atoms with Crippen molar-refractivity contribution in [1.82, 2.24) is 0 Å². The smallest absolute Gasteiger partial charge is 0.123 e. The Morgan fingerprint density at radius 3 is 2.35 bits per heavy atom. The molecule has 0 radical (unpaired) electrons. The van der Waals surface area contributed by atoms with Crippen molar-refractivity contribution in [3.8, 4) is 5.75 Å². The second kappa shape index (κ2) is 7.58. The van der Waals surface area contributed by atoms with E-state index >= 15 is 0 Å². The fraction of sp³-hybridized carbons (Fsp3) is 0.250. The molecule has 0 heterocycles. The zero-order valence-electron chi connectivity index (χ0n) is 11.4. The number of methoxy groups -OCH3 is 1. The highest BCUT2D eigenvalue weighted by atomic mass is 35.5. The molecule has 0 atom stereocenters. The molecule has 106 valence electrons. The summed E-state index contributed by atoms with van der Waals surface area (Å²) < 4.78 is 5.35. The van der Waals surface area contributed by atoms with Crippen LogP contribution in [0, 0.1) is 0 Å². The van der Waals surface area contributed by atoms with Gasteiger partial charge in [0, 0.05) is 28.6 Å². The summed E-state index contributed by atoms with van der Waals surface area (Å²) in [4.78, 5) is 0. The Labute approximate surface area is 129 Å². The van der Waals surface area contributed by atoms with Gasteiger partial charge in [-0.3, -0.25) is 0 Å². The summed E-state index contributed by atoms with van der Waals surface area (Å²) in [5.74, 6) is 2.79. The zero-order chi connectivity index (χ0) is 14.4. The van der Waals surface area contributed by atoms with Crippen molar-refractivity contribution in [2.45, 2.75) is 18.1 Å². The summed E-state index contributed by atoms with van der Waals surface area (Å²) in [6.07, 6.45) is 0. The van der Waals surface area contributed by atoms with E-state index in [9.17, 15) is 0 Å². The molecule has 2 aromatic carbocycles. The minimum Gasteiger partial charge on any atom is -0.496 e. The average Bonchev–Trinajstić information content (AvgIpc) is 2.49. The van der Waals surface area contributed by atoms with Gasteiger partial charge < -0.3 is 10.5 Å². The maximum atomic E-state index is 5.87. The van der Waals surface area contributed by atoms with Crippen molar-refractivity contribution >= 4 is 23.4 Å². The molecule has 0 spiro atoms. The summed E-state index contributed by atoms with van der Waals surface area (Å²) in [6.45, 7) is 0.501. The first-order valence-electron chi connectivity index (χ1n) is 6.41. The van der Waals surface area contributed by atoms with E-state index in [-0.39, 0.29) is 0 Å². The molecule has 20 heavy (non-hydrogen) atoms. The SMILES string of the molecule is COc1cc(CSCc2ccc(Cl)cc2)ccc1CN. The standard InChI is InChI=1S/C16H18ClNOS/c1-19-16-8-13(2-5-14(16)9-18)11-20-10-12-3-6-15(17)7-4-12/h2-8H,9-11,18H2,1H3. The quantitative estimate of drug-likeness (QED) is 0.867. The van der Waals surface area contributed by atoms with Crippen molar-refractivity contribution in [2.75, 3.05) is 7.11 Å². The van der Waals surface area contributed by atoms with Crippen molar-refractivity contribution in [3.05, 3.63) is 64.2 Å². The summed E-state index contributed by atoms with van der Waals surface area (Å²) >= 11 is 7.74. The van der Waals surface area contributed by atoms with Crippen molar-refractivity contribution < 1.29 is 4.74 Å². The lowest BCUT2D eigenvalue weighted by Gasteiger charge is -2.09. The van der Waals surface area contributed by atoms with Gasteiger partial charge in [-0.1, -0.05) is 35.9 Å². The molecule has 0 saturated heterocycles. The van der Waals surface area contributed by atoms with Gasteiger partial charge in [0.25, 0.3) is 0 Å². The Balaban J connectivity index is 1.92. The second-order valence-corrected chi connectivity index (χ2v) is 5.89. The molecule has 0 bridgehead atoms. The van der Waals surface area contributed by atoms with E-state index in [4.69, 9.17) is 22.1 Å². The minimum absolute atomic E-state index is 0.501. The summed E-state index contributed by atoms with van der Waals surface area (Å²) in [5.41, 5.74) is 9.24. The highest BCUT2D eigenvalue weighted by Gasteiger charge is 2.03. The van der Waals surface area contributed by atoms with Crippen LogP contribution in [0.4, 0.5) is 0 Å². The van der Waals surface area contributed by atoms with Gasteiger partial charge in [-0.2, -0.15) is 11.8 Å². The van der Waals surface area contributed by atoms with Gasteiger partial charge >= 0.3 is 0 Å². The Morgan fingerprint density at radius 2 is 1.70 bits per heavy atom. The van der Waals surface area contributed by atoms with Crippen LogP contribution in [-0.4, -0.2) is 7.11 Å². The van der Waals surface area contributed by atoms with Crippen molar-refractivity contribution in [1.29, 1.82) is 0 Å². The molecule has 0 saturated carbocycles. The third kappa shape index (κ3) is 4.17. The van der Waals surface area contributed by atoms with E-state index in [2.05, 4.69) is 24.3 Å². The van der Waals surface area contributed by atoms with Gasteiger partial charge in [0.05, 0.1) is 7.11 Å². The van der Waals surface area contributed by atoms with Crippen LogP contribution in [0.25, 0.3) is 0 Å². The van der Waals surface area contributed by atoms with Crippen LogP contribution in [0.1, 0.15) is 16.7 Å². The number of rotatable bonds is 6. The molecule has 0 unspecified atom stereocenters. The first-order valence-corrected chi connectivity index (χ1v) is 7.94. The second-order valence-electron chi connectivity index (χ2n) is 4.47. The van der Waals surface area contributed by atoms with E-state index in [1.807, 2.05) is 30.0 Å². The number of thioether (sulfide) groups is 1. The number of nitrogens with two attached hydrogens (primary N) is 1. The van der Waals surface area contributed by atoms with Crippen LogP contribution in [0.2, 0.25) is 5.02 Å². The fourth-order valence-corrected chi connectivity index (χ4v) is 2.99. The van der Waals surface area contributed by atoms with E-state index in [1.54, 1.807) is 7.11 Å². The molecule has 0 fully saturated rings. The number of hydrogen-bond donors (Lipinski definition) is 1. The van der Waals surface area contributed by atoms with Gasteiger partial charge in [-0.25, -0.2) is 0 Å². The van der Waals surface area contributed by atoms with E-state index in [0.29, 0.717) is 6.54 Å². The van der Waals surface area contributed by atoms with Gasteiger partial charge in [-0.15, -0.1) is 0 Å². The lowest BCUT2D eigenvalue weighted by atomic mass is 10.1. The van der Waals surface area contributed by atoms with Gasteiger partial charge in [0.2, 0.25) is 0 Å². The van der Waals surface area contributed by atoms with Crippen LogP contribution < -0.4 is 10.5 Å². The van der Waals surface area contributed by atoms with Crippen LogP contribution in [-0.2, 0) is 18.1 Å². The monoisotopic (exact) mass is 307 g/mol. The van der Waals surface area contributed by atoms with E-state index < -0.39 is 0 Å². The molecule has 4 heteroatoms. The van der Waals surface area contributed by atoms with E-state index in [1.165, 1.54) is 11.1 Å². The largest absolute Gasteiger partial charge is 0.496 e. The molecule has 2 rings (SSSR count). The lowest BCUT2D eigenvalue weighted by molar-refractivity contribution is 0.409. The molecule has 2 aromatic rings. The first-order chi connectivity index (χ1) is 9.72. The molecule has 0 aliphatic heterocycles. The maximum absolute atomic E-state index is 5.87. The highest BCUT2D eigenvalue weighted by molar-refractivity contribution is 7.97. The molecule has 0 amide bonds. The molecular weight excluding hydrogens is 290 g/mol. The Kier molecular flexibility index (Phi) is 5.77. The normalized spacial score (nSPS) is 10.6. The third-order valence-corrected chi connectivity index (χ3v) is 4.35. The van der Waals surface area contributed by atoms with Gasteiger partial charge in [-0.05, 0) is 29.3 Å². The van der Waals surface area contributed by atoms with Crippen LogP contribution in [0.3, 0.4) is 0 Å². The molecule has 2 N–H and O–H groups in total. The zero-order valence-corrected chi connectivity index (χ0v) is 13.0. The first kappa shape index (κ1) is 15.2. The van der Waals surface area contributed by atoms with Crippen molar-refractivity contribution in [2.24, 2.45) is 5.73 Å². The highest BCUT2D eigenvalue weighted by Crippen LogP contribution is 2.24. The molecule has 0 aliphatic rings. The predicted molar refractivity (Wildman–Crippen MR) is 87.3 cm³/mol. The van der Waals surface area contributed by atoms with Gasteiger partial charge in [0.1, 0.15) is 5.75 Å². The minimum atomic E-state index is 0.501. The Hall–Kier alpha value is -1.16. The number of hydrogen-bond acceptors (Lipinski definition) is 3. The predicted octanol–water partition coefficient (Wildman–Crippen LogP) is 4.24. The van der Waals surface area contributed by atoms with Crippen molar-refractivity contribution in [3.63, 3.8) is 0 Å². The van der Waals surface area contributed by atoms with Crippen LogP contribution in [0.5, 0.6) is 5.75 Å². The Morgan fingerprint density at radius 1 is 1.05 bits per heavy atom. The topological polar surface area (TPSA) is 35.2 Å². The summed E-state index contributed by atoms with van der Waals surface area (Å²) in [7, 11) is 1.68. The lowest BCUT2D eigenvalue weighted by Crippen LogP contribution is -2.00.